The molecule has 4 N–H and O–H groups in total. The van der Waals surface area contributed by atoms with Crippen LogP contribution in [0.3, 0.4) is 0 Å². The standard InChI is InChI=1S/C14H16Cl2FN5/c15-8-6-9(16)11(7-10(8)17)22-13(19)20-12(18)21-14(22)4-2-1-3-5-14/h6-7H,1-5H2,(H4,18,19,20,21). The molecule has 1 spiro atoms. The molecule has 0 atom stereocenters. The average molecular weight is 344 g/mol. The lowest BCUT2D eigenvalue weighted by molar-refractivity contribution is 0.305. The molecule has 5 nitrogen and oxygen atoms in total. The molecule has 1 aromatic rings. The van der Waals surface area contributed by atoms with Gasteiger partial charge in [-0.05, 0) is 31.7 Å². The van der Waals surface area contributed by atoms with Gasteiger partial charge in [0.1, 0.15) is 11.5 Å². The van der Waals surface area contributed by atoms with E-state index in [1.54, 1.807) is 4.90 Å². The summed E-state index contributed by atoms with van der Waals surface area (Å²) in [5, 5.41) is 0.257. The van der Waals surface area contributed by atoms with E-state index < -0.39 is 11.5 Å². The van der Waals surface area contributed by atoms with Crippen molar-refractivity contribution < 1.29 is 4.39 Å². The van der Waals surface area contributed by atoms with Crippen molar-refractivity contribution >= 4 is 40.8 Å². The molecule has 0 aromatic heterocycles. The lowest BCUT2D eigenvalue weighted by atomic mass is 9.87. The number of aliphatic imine (C=N–C) groups is 2. The van der Waals surface area contributed by atoms with Gasteiger partial charge >= 0.3 is 0 Å². The van der Waals surface area contributed by atoms with Crippen LogP contribution in [0.1, 0.15) is 32.1 Å². The summed E-state index contributed by atoms with van der Waals surface area (Å²) >= 11 is 12.0. The minimum Gasteiger partial charge on any atom is -0.369 e. The molecule has 8 heteroatoms. The fourth-order valence-corrected chi connectivity index (χ4v) is 3.62. The molecule has 0 amide bonds. The number of halogens is 3. The van der Waals surface area contributed by atoms with E-state index in [0.717, 1.165) is 32.1 Å². The first-order valence-electron chi connectivity index (χ1n) is 7.07. The number of guanidine groups is 2. The normalized spacial score (nSPS) is 20.8. The number of rotatable bonds is 1. The van der Waals surface area contributed by atoms with Gasteiger partial charge in [0.05, 0.1) is 15.7 Å². The van der Waals surface area contributed by atoms with E-state index in [9.17, 15) is 4.39 Å². The highest BCUT2D eigenvalue weighted by Gasteiger charge is 2.43. The fourth-order valence-electron chi connectivity index (χ4n) is 3.15. The summed E-state index contributed by atoms with van der Waals surface area (Å²) < 4.78 is 13.9. The van der Waals surface area contributed by atoms with Gasteiger partial charge in [-0.25, -0.2) is 9.38 Å². The van der Waals surface area contributed by atoms with Gasteiger partial charge in [0, 0.05) is 6.07 Å². The Morgan fingerprint density at radius 3 is 2.45 bits per heavy atom. The number of anilines is 1. The summed E-state index contributed by atoms with van der Waals surface area (Å²) in [5.74, 6) is -0.262. The van der Waals surface area contributed by atoms with Crippen LogP contribution in [-0.2, 0) is 0 Å². The van der Waals surface area contributed by atoms with Crippen molar-refractivity contribution in [2.24, 2.45) is 21.5 Å². The molecule has 22 heavy (non-hydrogen) atoms. The molecular weight excluding hydrogens is 328 g/mol. The SMILES string of the molecule is NC1=NC2(CCCCC2)N(c2cc(F)c(Cl)cc2Cl)C(N)=N1. The second kappa shape index (κ2) is 5.59. The van der Waals surface area contributed by atoms with Gasteiger partial charge in [-0.15, -0.1) is 0 Å². The van der Waals surface area contributed by atoms with E-state index in [4.69, 9.17) is 34.7 Å². The summed E-state index contributed by atoms with van der Waals surface area (Å²) in [5.41, 5.74) is 11.6. The average Bonchev–Trinajstić information content (AvgIpc) is 2.44. The monoisotopic (exact) mass is 343 g/mol. The maximum Gasteiger partial charge on any atom is 0.220 e. The van der Waals surface area contributed by atoms with Gasteiger partial charge in [-0.3, -0.25) is 4.90 Å². The third-order valence-electron chi connectivity index (χ3n) is 4.08. The highest BCUT2D eigenvalue weighted by molar-refractivity contribution is 6.37. The molecule has 1 heterocycles. The predicted molar refractivity (Wildman–Crippen MR) is 88.0 cm³/mol. The third kappa shape index (κ3) is 2.50. The molecule has 0 saturated heterocycles. The Hall–Kier alpha value is -1.53. The summed E-state index contributed by atoms with van der Waals surface area (Å²) in [6, 6.07) is 2.62. The minimum absolute atomic E-state index is 0.0398. The lowest BCUT2D eigenvalue weighted by Gasteiger charge is -2.45. The van der Waals surface area contributed by atoms with Gasteiger partial charge in [0.15, 0.2) is 0 Å². The number of hydrogen-bond donors (Lipinski definition) is 2. The van der Waals surface area contributed by atoms with Gasteiger partial charge < -0.3 is 11.5 Å². The summed E-state index contributed by atoms with van der Waals surface area (Å²) in [6.07, 6.45) is 4.59. The Morgan fingerprint density at radius 2 is 1.77 bits per heavy atom. The Balaban J connectivity index is 2.14. The summed E-state index contributed by atoms with van der Waals surface area (Å²) in [6.45, 7) is 0. The highest BCUT2D eigenvalue weighted by Crippen LogP contribution is 2.42. The van der Waals surface area contributed by atoms with E-state index in [1.165, 1.54) is 12.1 Å². The number of hydrogen-bond acceptors (Lipinski definition) is 5. The van der Waals surface area contributed by atoms with Crippen LogP contribution in [0.2, 0.25) is 10.0 Å². The van der Waals surface area contributed by atoms with Crippen molar-refractivity contribution in [3.05, 3.63) is 28.0 Å². The zero-order valence-corrected chi connectivity index (χ0v) is 13.3. The van der Waals surface area contributed by atoms with E-state index >= 15 is 0 Å². The molecule has 1 saturated carbocycles. The highest BCUT2D eigenvalue weighted by atomic mass is 35.5. The van der Waals surface area contributed by atoms with E-state index in [0.29, 0.717) is 10.7 Å². The molecule has 1 aliphatic carbocycles. The van der Waals surface area contributed by atoms with Crippen molar-refractivity contribution in [2.75, 3.05) is 4.90 Å². The van der Waals surface area contributed by atoms with Crippen molar-refractivity contribution in [2.45, 2.75) is 37.8 Å². The maximum absolute atomic E-state index is 13.9. The zero-order chi connectivity index (χ0) is 15.9. The Morgan fingerprint density at radius 1 is 1.09 bits per heavy atom. The van der Waals surface area contributed by atoms with Gasteiger partial charge in [0.25, 0.3) is 0 Å². The van der Waals surface area contributed by atoms with Crippen LogP contribution in [0.15, 0.2) is 22.1 Å². The van der Waals surface area contributed by atoms with Crippen LogP contribution in [0, 0.1) is 5.82 Å². The maximum atomic E-state index is 13.9. The van der Waals surface area contributed by atoms with Crippen LogP contribution in [0.5, 0.6) is 0 Å². The Bertz CT molecular complexity index is 667. The summed E-state index contributed by atoms with van der Waals surface area (Å²) in [4.78, 5) is 10.2. The van der Waals surface area contributed by atoms with Crippen molar-refractivity contribution in [1.29, 1.82) is 0 Å². The first kappa shape index (κ1) is 15.4. The smallest absolute Gasteiger partial charge is 0.220 e. The van der Waals surface area contributed by atoms with Crippen LogP contribution < -0.4 is 16.4 Å². The first-order chi connectivity index (χ1) is 10.4. The van der Waals surface area contributed by atoms with E-state index in [2.05, 4.69) is 9.98 Å². The Labute approximate surface area is 137 Å². The molecule has 0 radical (unpaired) electrons. The molecule has 1 aromatic carbocycles. The molecule has 0 bridgehead atoms. The lowest BCUT2D eigenvalue weighted by Crippen LogP contribution is -2.58. The molecule has 1 fully saturated rings. The number of nitrogens with zero attached hydrogens (tertiary/aromatic N) is 3. The number of nitrogens with two attached hydrogens (primary N) is 2. The molecule has 3 rings (SSSR count). The quantitative estimate of drug-likeness (QED) is 0.768. The van der Waals surface area contributed by atoms with Crippen molar-refractivity contribution in [3.8, 4) is 0 Å². The fraction of sp³-hybridized carbons (Fsp3) is 0.429. The minimum atomic E-state index is -0.655. The van der Waals surface area contributed by atoms with Crippen LogP contribution in [0.4, 0.5) is 10.1 Å². The first-order valence-corrected chi connectivity index (χ1v) is 7.83. The summed E-state index contributed by atoms with van der Waals surface area (Å²) in [7, 11) is 0. The molecule has 1 aliphatic heterocycles. The van der Waals surface area contributed by atoms with Gasteiger partial charge in [-0.1, -0.05) is 29.6 Å². The van der Waals surface area contributed by atoms with Gasteiger partial charge in [0.2, 0.25) is 11.9 Å². The molecule has 0 unspecified atom stereocenters. The Kier molecular flexibility index (Phi) is 3.91. The molecule has 2 aliphatic rings. The zero-order valence-electron chi connectivity index (χ0n) is 11.8. The van der Waals surface area contributed by atoms with Gasteiger partial charge in [-0.2, -0.15) is 4.99 Å². The van der Waals surface area contributed by atoms with E-state index in [-0.39, 0.29) is 16.9 Å². The van der Waals surface area contributed by atoms with Crippen LogP contribution >= 0.6 is 23.2 Å². The molecule has 118 valence electrons. The largest absolute Gasteiger partial charge is 0.369 e. The second-order valence-electron chi connectivity index (χ2n) is 5.54. The van der Waals surface area contributed by atoms with Crippen molar-refractivity contribution in [3.63, 3.8) is 0 Å². The predicted octanol–water partition coefficient (Wildman–Crippen LogP) is 3.24. The van der Waals surface area contributed by atoms with Crippen LogP contribution in [-0.4, -0.2) is 17.6 Å². The molecular formula is C14H16Cl2FN5. The second-order valence-corrected chi connectivity index (χ2v) is 6.35. The van der Waals surface area contributed by atoms with Crippen molar-refractivity contribution in [1.82, 2.24) is 0 Å². The number of benzene rings is 1. The topological polar surface area (TPSA) is 80.0 Å². The third-order valence-corrected chi connectivity index (χ3v) is 4.67. The van der Waals surface area contributed by atoms with E-state index in [1.807, 2.05) is 0 Å². The van der Waals surface area contributed by atoms with Crippen LogP contribution in [0.25, 0.3) is 0 Å².